The van der Waals surface area contributed by atoms with Crippen molar-refractivity contribution < 1.29 is 0 Å². The van der Waals surface area contributed by atoms with Gasteiger partial charge in [-0.25, -0.2) is 0 Å². The molecule has 2 heteroatoms. The van der Waals surface area contributed by atoms with Crippen molar-refractivity contribution in [3.05, 3.63) is 33.4 Å². The van der Waals surface area contributed by atoms with Crippen LogP contribution in [0.3, 0.4) is 0 Å². The molecule has 0 bridgehead atoms. The van der Waals surface area contributed by atoms with E-state index in [1.54, 1.807) is 0 Å². The summed E-state index contributed by atoms with van der Waals surface area (Å²) in [5, 5.41) is 3.50. The lowest BCUT2D eigenvalue weighted by Crippen LogP contribution is -2.33. The highest BCUT2D eigenvalue weighted by molar-refractivity contribution is 14.1. The summed E-state index contributed by atoms with van der Waals surface area (Å²) in [6.45, 7) is 6.60. The molecule has 0 saturated heterocycles. The molecule has 0 heterocycles. The van der Waals surface area contributed by atoms with Gasteiger partial charge in [-0.2, -0.15) is 0 Å². The van der Waals surface area contributed by atoms with Crippen LogP contribution >= 0.6 is 22.6 Å². The summed E-state index contributed by atoms with van der Waals surface area (Å²) in [6, 6.07) is 9.86. The Morgan fingerprint density at radius 1 is 1.14 bits per heavy atom. The molecule has 14 heavy (non-hydrogen) atoms. The van der Waals surface area contributed by atoms with Crippen LogP contribution in [0.15, 0.2) is 24.3 Å². The van der Waals surface area contributed by atoms with Crippen molar-refractivity contribution >= 4 is 22.6 Å². The molecular weight excluding hydrogens is 281 g/mol. The zero-order chi connectivity index (χ0) is 10.6. The SMILES string of the molecule is CC(C)N[C@H](C)Cc1ccc([123I])cc1. The van der Waals surface area contributed by atoms with Gasteiger partial charge in [0.1, 0.15) is 0 Å². The van der Waals surface area contributed by atoms with Gasteiger partial charge in [-0.1, -0.05) is 26.0 Å². The maximum absolute atomic E-state index is 3.50. The molecule has 1 rings (SSSR count). The normalized spacial score (nSPS) is 13.2. The van der Waals surface area contributed by atoms with Crippen LogP contribution in [0.4, 0.5) is 0 Å². The third-order valence-electron chi connectivity index (χ3n) is 2.07. The number of rotatable bonds is 4. The number of hydrogen-bond acceptors (Lipinski definition) is 1. The fraction of sp³-hybridized carbons (Fsp3) is 0.500. The number of benzene rings is 1. The van der Waals surface area contributed by atoms with Gasteiger partial charge < -0.3 is 5.32 Å². The molecule has 0 aliphatic heterocycles. The third kappa shape index (κ3) is 4.42. The van der Waals surface area contributed by atoms with Gasteiger partial charge in [0.05, 0.1) is 0 Å². The first kappa shape index (κ1) is 12.0. The summed E-state index contributed by atoms with van der Waals surface area (Å²) < 4.78 is 1.30. The van der Waals surface area contributed by atoms with Crippen molar-refractivity contribution in [2.45, 2.75) is 39.3 Å². The van der Waals surface area contributed by atoms with Gasteiger partial charge in [-0.15, -0.1) is 0 Å². The fourth-order valence-electron chi connectivity index (χ4n) is 1.60. The van der Waals surface area contributed by atoms with E-state index in [0.717, 1.165) is 6.42 Å². The molecule has 0 amide bonds. The largest absolute Gasteiger partial charge is 0.312 e. The molecule has 0 saturated carbocycles. The van der Waals surface area contributed by atoms with Crippen molar-refractivity contribution in [2.75, 3.05) is 0 Å². The number of halogens is 1. The van der Waals surface area contributed by atoms with E-state index in [1.165, 1.54) is 9.13 Å². The summed E-state index contributed by atoms with van der Waals surface area (Å²) in [4.78, 5) is 0. The predicted molar refractivity (Wildman–Crippen MR) is 70.6 cm³/mol. The lowest BCUT2D eigenvalue weighted by atomic mass is 10.1. The molecule has 0 radical (unpaired) electrons. The second-order valence-corrected chi connectivity index (χ2v) is 5.30. The maximum Gasteiger partial charge on any atom is 0.0130 e. The molecule has 1 atom stereocenters. The van der Waals surface area contributed by atoms with E-state index in [0.29, 0.717) is 12.1 Å². The summed E-state index contributed by atoms with van der Waals surface area (Å²) >= 11 is 2.33. The van der Waals surface area contributed by atoms with Gasteiger partial charge in [0.2, 0.25) is 0 Å². The van der Waals surface area contributed by atoms with Crippen molar-refractivity contribution in [1.29, 1.82) is 0 Å². The Balaban J connectivity index is 2.47. The van der Waals surface area contributed by atoms with Gasteiger partial charge in [0.25, 0.3) is 0 Å². The summed E-state index contributed by atoms with van der Waals surface area (Å²) in [5.74, 6) is 0. The number of hydrogen-bond donors (Lipinski definition) is 1. The molecule has 1 N–H and O–H groups in total. The van der Waals surface area contributed by atoms with Crippen LogP contribution in [0, 0.1) is 3.57 Å². The molecule has 1 nitrogen and oxygen atoms in total. The quantitative estimate of drug-likeness (QED) is 0.842. The first-order chi connectivity index (χ1) is 6.58. The van der Waals surface area contributed by atoms with Crippen molar-refractivity contribution in [3.63, 3.8) is 0 Å². The molecule has 0 unspecified atom stereocenters. The van der Waals surface area contributed by atoms with Crippen LogP contribution < -0.4 is 5.32 Å². The monoisotopic (exact) mass is 299 g/mol. The van der Waals surface area contributed by atoms with E-state index in [-0.39, 0.29) is 0 Å². The van der Waals surface area contributed by atoms with Crippen molar-refractivity contribution in [3.8, 4) is 0 Å². The topological polar surface area (TPSA) is 12.0 Å². The molecule has 78 valence electrons. The summed E-state index contributed by atoms with van der Waals surface area (Å²) in [7, 11) is 0. The van der Waals surface area contributed by atoms with Crippen LogP contribution in [-0.4, -0.2) is 12.1 Å². The molecule has 0 aromatic heterocycles. The lowest BCUT2D eigenvalue weighted by molar-refractivity contribution is 0.488. The zero-order valence-corrected chi connectivity index (χ0v) is 11.2. The smallest absolute Gasteiger partial charge is 0.0130 e. The molecule has 0 aliphatic rings. The Hall–Kier alpha value is -0.0900. The average molecular weight is 299 g/mol. The standard InChI is InChI=1S/C12H18IN/c1-9(2)14-10(3)8-11-4-6-12(13)7-5-11/h4-7,9-10,14H,8H2,1-3H3/t10-/m1/s1/i13-4. The molecule has 1 aromatic carbocycles. The molecule has 1 aromatic rings. The highest BCUT2D eigenvalue weighted by Crippen LogP contribution is 2.08. The van der Waals surface area contributed by atoms with Gasteiger partial charge in [-0.3, -0.25) is 0 Å². The van der Waals surface area contributed by atoms with Gasteiger partial charge in [0.15, 0.2) is 0 Å². The highest BCUT2D eigenvalue weighted by atomic mass is 123. The Labute approximate surface area is 100 Å². The minimum Gasteiger partial charge on any atom is -0.312 e. The minimum absolute atomic E-state index is 0.551. The van der Waals surface area contributed by atoms with E-state index in [4.69, 9.17) is 0 Å². The van der Waals surface area contributed by atoms with Gasteiger partial charge >= 0.3 is 0 Å². The second kappa shape index (κ2) is 5.71. The first-order valence-electron chi connectivity index (χ1n) is 5.08. The molecule has 0 fully saturated rings. The average Bonchev–Trinajstić information content (AvgIpc) is 2.07. The van der Waals surface area contributed by atoms with Gasteiger partial charge in [0, 0.05) is 15.7 Å². The lowest BCUT2D eigenvalue weighted by Gasteiger charge is -2.16. The Morgan fingerprint density at radius 3 is 2.21 bits per heavy atom. The van der Waals surface area contributed by atoms with Crippen LogP contribution in [-0.2, 0) is 6.42 Å². The highest BCUT2D eigenvalue weighted by Gasteiger charge is 2.04. The zero-order valence-electron chi connectivity index (χ0n) is 9.05. The Kier molecular flexibility index (Phi) is 4.89. The predicted octanol–water partition coefficient (Wildman–Crippen LogP) is 3.22. The second-order valence-electron chi connectivity index (χ2n) is 4.05. The van der Waals surface area contributed by atoms with Crippen molar-refractivity contribution in [2.24, 2.45) is 0 Å². The third-order valence-corrected chi connectivity index (χ3v) is 2.79. The van der Waals surface area contributed by atoms with Crippen LogP contribution in [0.2, 0.25) is 0 Å². The Morgan fingerprint density at radius 2 is 1.71 bits per heavy atom. The van der Waals surface area contributed by atoms with E-state index < -0.39 is 0 Å². The molecule has 0 aliphatic carbocycles. The Bertz CT molecular complexity index is 266. The summed E-state index contributed by atoms with van der Waals surface area (Å²) in [5.41, 5.74) is 1.41. The van der Waals surface area contributed by atoms with Gasteiger partial charge in [-0.05, 0) is 53.6 Å². The van der Waals surface area contributed by atoms with E-state index in [1.807, 2.05) is 0 Å². The van der Waals surface area contributed by atoms with E-state index >= 15 is 0 Å². The van der Waals surface area contributed by atoms with Crippen LogP contribution in [0.1, 0.15) is 26.3 Å². The number of nitrogens with one attached hydrogen (secondary N) is 1. The minimum atomic E-state index is 0.551. The maximum atomic E-state index is 3.50. The van der Waals surface area contributed by atoms with Crippen LogP contribution in [0.5, 0.6) is 0 Å². The first-order valence-corrected chi connectivity index (χ1v) is 6.16. The fourth-order valence-corrected chi connectivity index (χ4v) is 1.96. The molecule has 0 spiro atoms. The van der Waals surface area contributed by atoms with E-state index in [9.17, 15) is 0 Å². The molecular formula is C12H18IN. The van der Waals surface area contributed by atoms with Crippen molar-refractivity contribution in [1.82, 2.24) is 5.32 Å². The van der Waals surface area contributed by atoms with E-state index in [2.05, 4.69) is 72.9 Å². The summed E-state index contributed by atoms with van der Waals surface area (Å²) in [6.07, 6.45) is 1.11. The van der Waals surface area contributed by atoms with Crippen LogP contribution in [0.25, 0.3) is 0 Å².